The predicted molar refractivity (Wildman–Crippen MR) is 100 cm³/mol. The van der Waals surface area contributed by atoms with Crippen LogP contribution in [0, 0.1) is 5.82 Å². The zero-order chi connectivity index (χ0) is 22.8. The van der Waals surface area contributed by atoms with Crippen molar-refractivity contribution in [2.45, 2.75) is 12.4 Å². The average Bonchev–Trinajstić information content (AvgIpc) is 2.67. The molecule has 1 heterocycles. The normalized spacial score (nSPS) is 15.8. The van der Waals surface area contributed by atoms with Crippen molar-refractivity contribution in [2.24, 2.45) is 0 Å². The topological polar surface area (TPSA) is 35.6 Å². The fourth-order valence-corrected chi connectivity index (χ4v) is 3.25. The molecule has 4 nitrogen and oxygen atoms in total. The van der Waals surface area contributed by atoms with Gasteiger partial charge in [-0.3, -0.25) is 9.69 Å². The number of amides is 1. The van der Waals surface area contributed by atoms with Crippen LogP contribution >= 0.6 is 0 Å². The number of rotatable bonds is 4. The number of halogens is 7. The molecule has 0 aliphatic carbocycles. The highest BCUT2D eigenvalue weighted by Crippen LogP contribution is 2.37. The van der Waals surface area contributed by atoms with E-state index in [2.05, 4.69) is 5.32 Å². The Hall–Kier alpha value is -2.82. The van der Waals surface area contributed by atoms with Gasteiger partial charge in [0, 0.05) is 37.6 Å². The average molecular weight is 449 g/mol. The minimum Gasteiger partial charge on any atom is -0.369 e. The SMILES string of the molecule is O=C(CN1CCN(c2ccc(F)cc2)CC1)Nc1cc(C(F)(F)F)cc(C(F)(F)F)c1. The number of nitrogens with zero attached hydrogens (tertiary/aromatic N) is 2. The van der Waals surface area contributed by atoms with Crippen molar-refractivity contribution in [3.63, 3.8) is 0 Å². The van der Waals surface area contributed by atoms with Gasteiger partial charge in [-0.1, -0.05) is 0 Å². The summed E-state index contributed by atoms with van der Waals surface area (Å²) in [5.74, 6) is -1.08. The van der Waals surface area contributed by atoms with Crippen LogP contribution in [-0.4, -0.2) is 43.5 Å². The second-order valence-electron chi connectivity index (χ2n) is 7.08. The molecule has 0 unspecified atom stereocenters. The number of piperazine rings is 1. The molecule has 31 heavy (non-hydrogen) atoms. The van der Waals surface area contributed by atoms with E-state index in [-0.39, 0.29) is 18.4 Å². The molecule has 1 N–H and O–H groups in total. The van der Waals surface area contributed by atoms with Gasteiger partial charge in [0.15, 0.2) is 0 Å². The maximum atomic E-state index is 13.0. The maximum absolute atomic E-state index is 13.0. The van der Waals surface area contributed by atoms with Crippen molar-refractivity contribution in [1.82, 2.24) is 4.90 Å². The van der Waals surface area contributed by atoms with Gasteiger partial charge in [0.05, 0.1) is 17.7 Å². The number of hydrogen-bond acceptors (Lipinski definition) is 3. The van der Waals surface area contributed by atoms with E-state index in [1.165, 1.54) is 12.1 Å². The summed E-state index contributed by atoms with van der Waals surface area (Å²) in [4.78, 5) is 15.9. The lowest BCUT2D eigenvalue weighted by atomic mass is 10.1. The highest BCUT2D eigenvalue weighted by molar-refractivity contribution is 5.92. The summed E-state index contributed by atoms with van der Waals surface area (Å²) in [6.45, 7) is 1.76. The quantitative estimate of drug-likeness (QED) is 0.692. The number of alkyl halides is 6. The van der Waals surface area contributed by atoms with Crippen LogP contribution in [0.4, 0.5) is 42.1 Å². The van der Waals surface area contributed by atoms with Gasteiger partial charge >= 0.3 is 12.4 Å². The van der Waals surface area contributed by atoms with Crippen LogP contribution in [0.15, 0.2) is 42.5 Å². The van der Waals surface area contributed by atoms with Crippen LogP contribution in [-0.2, 0) is 17.1 Å². The molecule has 1 amide bonds. The van der Waals surface area contributed by atoms with Crippen LogP contribution in [0.3, 0.4) is 0 Å². The van der Waals surface area contributed by atoms with E-state index in [0.29, 0.717) is 38.3 Å². The molecule has 1 fully saturated rings. The van der Waals surface area contributed by atoms with Crippen LogP contribution < -0.4 is 10.2 Å². The van der Waals surface area contributed by atoms with Gasteiger partial charge < -0.3 is 10.2 Å². The summed E-state index contributed by atoms with van der Waals surface area (Å²) in [5.41, 5.74) is -2.75. The van der Waals surface area contributed by atoms with Crippen LogP contribution in [0.1, 0.15) is 11.1 Å². The van der Waals surface area contributed by atoms with Gasteiger partial charge in [-0.25, -0.2) is 4.39 Å². The molecule has 2 aromatic rings. The highest BCUT2D eigenvalue weighted by atomic mass is 19.4. The Kier molecular flexibility index (Phi) is 6.44. The Labute approximate surface area is 173 Å². The number of nitrogens with one attached hydrogen (secondary N) is 1. The van der Waals surface area contributed by atoms with Gasteiger partial charge in [0.2, 0.25) is 5.91 Å². The molecular formula is C20H18F7N3O. The summed E-state index contributed by atoms with van der Waals surface area (Å²) >= 11 is 0. The summed E-state index contributed by atoms with van der Waals surface area (Å²) in [5, 5.41) is 2.13. The number of benzene rings is 2. The molecule has 3 rings (SSSR count). The smallest absolute Gasteiger partial charge is 0.369 e. The largest absolute Gasteiger partial charge is 0.416 e. The third-order valence-corrected chi connectivity index (χ3v) is 4.80. The lowest BCUT2D eigenvalue weighted by Crippen LogP contribution is -2.48. The highest BCUT2D eigenvalue weighted by Gasteiger charge is 2.37. The van der Waals surface area contributed by atoms with E-state index in [0.717, 1.165) is 5.69 Å². The Morgan fingerprint density at radius 1 is 0.839 bits per heavy atom. The summed E-state index contributed by atoms with van der Waals surface area (Å²) in [6, 6.07) is 6.87. The van der Waals surface area contributed by atoms with E-state index < -0.39 is 35.1 Å². The number of carbonyl (C=O) groups excluding carboxylic acids is 1. The molecule has 1 saturated heterocycles. The van der Waals surface area contributed by atoms with Crippen LogP contribution in [0.5, 0.6) is 0 Å². The second kappa shape index (κ2) is 8.74. The number of hydrogen-bond donors (Lipinski definition) is 1. The minimum atomic E-state index is -4.99. The Balaban J connectivity index is 1.61. The molecule has 11 heteroatoms. The summed E-state index contributed by atoms with van der Waals surface area (Å²) < 4.78 is 90.6. The predicted octanol–water partition coefficient (Wildman–Crippen LogP) is 4.62. The van der Waals surface area contributed by atoms with Crippen molar-refractivity contribution in [3.8, 4) is 0 Å². The van der Waals surface area contributed by atoms with Gasteiger partial charge in [0.25, 0.3) is 0 Å². The Morgan fingerprint density at radius 3 is 1.84 bits per heavy atom. The first kappa shape index (κ1) is 22.9. The molecule has 0 bridgehead atoms. The van der Waals surface area contributed by atoms with E-state index >= 15 is 0 Å². The van der Waals surface area contributed by atoms with Gasteiger partial charge in [-0.05, 0) is 42.5 Å². The number of carbonyl (C=O) groups is 1. The van der Waals surface area contributed by atoms with E-state index in [1.54, 1.807) is 17.0 Å². The van der Waals surface area contributed by atoms with E-state index in [1.807, 2.05) is 4.90 Å². The van der Waals surface area contributed by atoms with E-state index in [9.17, 15) is 35.5 Å². The molecule has 0 aromatic heterocycles. The molecule has 0 spiro atoms. The molecule has 168 valence electrons. The summed E-state index contributed by atoms with van der Waals surface area (Å²) in [7, 11) is 0. The third-order valence-electron chi connectivity index (χ3n) is 4.80. The Bertz CT molecular complexity index is 886. The first-order chi connectivity index (χ1) is 14.4. The minimum absolute atomic E-state index is 0.00429. The van der Waals surface area contributed by atoms with Gasteiger partial charge in [-0.2, -0.15) is 26.3 Å². The van der Waals surface area contributed by atoms with Crippen LogP contribution in [0.2, 0.25) is 0 Å². The van der Waals surface area contributed by atoms with E-state index in [4.69, 9.17) is 0 Å². The zero-order valence-electron chi connectivity index (χ0n) is 16.0. The third kappa shape index (κ3) is 6.09. The fraction of sp³-hybridized carbons (Fsp3) is 0.350. The van der Waals surface area contributed by atoms with Crippen LogP contribution in [0.25, 0.3) is 0 Å². The van der Waals surface area contributed by atoms with Gasteiger partial charge in [0.1, 0.15) is 5.82 Å². The molecule has 1 aliphatic rings. The van der Waals surface area contributed by atoms with Crippen molar-refractivity contribution < 1.29 is 35.5 Å². The van der Waals surface area contributed by atoms with Crippen molar-refractivity contribution in [2.75, 3.05) is 42.9 Å². The second-order valence-corrected chi connectivity index (χ2v) is 7.08. The molecule has 1 aliphatic heterocycles. The molecule has 0 radical (unpaired) electrons. The standard InChI is InChI=1S/C20H18F7N3O/c21-15-1-3-17(4-2-15)30-7-5-29(6-8-30)12-18(31)28-16-10-13(19(22,23)24)9-14(11-16)20(25,26)27/h1-4,9-11H,5-8,12H2,(H,28,31). The fourth-order valence-electron chi connectivity index (χ4n) is 3.25. The van der Waals surface area contributed by atoms with Crippen molar-refractivity contribution in [1.29, 1.82) is 0 Å². The lowest BCUT2D eigenvalue weighted by molar-refractivity contribution is -0.143. The van der Waals surface area contributed by atoms with Crippen molar-refractivity contribution in [3.05, 3.63) is 59.4 Å². The number of anilines is 2. The molecule has 0 saturated carbocycles. The van der Waals surface area contributed by atoms with Gasteiger partial charge in [-0.15, -0.1) is 0 Å². The molecular weight excluding hydrogens is 431 g/mol. The Morgan fingerprint density at radius 2 is 1.35 bits per heavy atom. The maximum Gasteiger partial charge on any atom is 0.416 e. The molecule has 2 aromatic carbocycles. The lowest BCUT2D eigenvalue weighted by Gasteiger charge is -2.35. The summed E-state index contributed by atoms with van der Waals surface area (Å²) in [6.07, 6.45) is -9.98. The molecule has 0 atom stereocenters. The zero-order valence-corrected chi connectivity index (χ0v) is 16.0. The first-order valence-electron chi connectivity index (χ1n) is 9.24. The first-order valence-corrected chi connectivity index (χ1v) is 9.24. The monoisotopic (exact) mass is 449 g/mol. The van der Waals surface area contributed by atoms with Crippen molar-refractivity contribution >= 4 is 17.3 Å².